The van der Waals surface area contributed by atoms with Gasteiger partial charge in [-0.2, -0.15) is 0 Å². The Morgan fingerprint density at radius 1 is 1.30 bits per heavy atom. The summed E-state index contributed by atoms with van der Waals surface area (Å²) in [5.74, 6) is 0. The first-order valence-electron chi connectivity index (χ1n) is 7.15. The zero-order valence-electron chi connectivity index (χ0n) is 12.1. The van der Waals surface area contributed by atoms with Gasteiger partial charge in [0.15, 0.2) is 5.03 Å². The maximum absolute atomic E-state index is 12.3. The second-order valence-electron chi connectivity index (χ2n) is 5.66. The van der Waals surface area contributed by atoms with Crippen LogP contribution < -0.4 is 10.0 Å². The Kier molecular flexibility index (Phi) is 4.78. The lowest BCUT2D eigenvalue weighted by Crippen LogP contribution is -2.43. The van der Waals surface area contributed by atoms with E-state index in [2.05, 4.69) is 15.0 Å². The monoisotopic (exact) mass is 297 g/mol. The fourth-order valence-corrected chi connectivity index (χ4v) is 3.97. The van der Waals surface area contributed by atoms with Crippen LogP contribution in [-0.2, 0) is 16.6 Å². The molecule has 6 heteroatoms. The predicted octanol–water partition coefficient (Wildman–Crippen LogP) is 1.80. The Bertz CT molecular complexity index is 534. The lowest BCUT2D eigenvalue weighted by Gasteiger charge is -2.24. The number of rotatable bonds is 6. The number of pyridine rings is 1. The van der Waals surface area contributed by atoms with Crippen LogP contribution >= 0.6 is 0 Å². The molecule has 1 fully saturated rings. The van der Waals surface area contributed by atoms with Crippen molar-refractivity contribution in [2.75, 3.05) is 6.54 Å². The van der Waals surface area contributed by atoms with Crippen LogP contribution in [0.4, 0.5) is 0 Å². The maximum atomic E-state index is 12.3. The Morgan fingerprint density at radius 2 is 2.00 bits per heavy atom. The first-order chi connectivity index (χ1) is 9.45. The van der Waals surface area contributed by atoms with E-state index in [0.717, 1.165) is 37.8 Å². The molecule has 1 aromatic rings. The molecule has 0 spiro atoms. The molecule has 112 valence electrons. The molecule has 0 atom stereocenters. The summed E-state index contributed by atoms with van der Waals surface area (Å²) in [4.78, 5) is 4.09. The fourth-order valence-electron chi connectivity index (χ4n) is 2.58. The van der Waals surface area contributed by atoms with Crippen molar-refractivity contribution in [1.82, 2.24) is 15.0 Å². The molecule has 1 heterocycles. The van der Waals surface area contributed by atoms with E-state index in [-0.39, 0.29) is 10.6 Å². The maximum Gasteiger partial charge on any atom is 0.258 e. The zero-order valence-corrected chi connectivity index (χ0v) is 13.0. The van der Waals surface area contributed by atoms with Crippen LogP contribution in [0.25, 0.3) is 0 Å². The molecule has 2 rings (SSSR count). The van der Waals surface area contributed by atoms with Gasteiger partial charge in [-0.05, 0) is 37.9 Å². The fraction of sp³-hybridized carbons (Fsp3) is 0.643. The Hall–Kier alpha value is -0.980. The average molecular weight is 297 g/mol. The van der Waals surface area contributed by atoms with Crippen molar-refractivity contribution < 1.29 is 8.42 Å². The lowest BCUT2D eigenvalue weighted by atomic mass is 10.0. The SMILES string of the molecule is CCNCc1ccc(S(=O)(=O)NC2(C)CCCC2)nc1. The third-order valence-electron chi connectivity index (χ3n) is 3.74. The molecule has 1 saturated carbocycles. The highest BCUT2D eigenvalue weighted by molar-refractivity contribution is 7.89. The second kappa shape index (κ2) is 6.20. The van der Waals surface area contributed by atoms with Crippen molar-refractivity contribution >= 4 is 10.0 Å². The normalized spacial score (nSPS) is 18.3. The first-order valence-corrected chi connectivity index (χ1v) is 8.63. The summed E-state index contributed by atoms with van der Waals surface area (Å²) in [6.07, 6.45) is 5.56. The van der Waals surface area contributed by atoms with E-state index in [1.807, 2.05) is 13.8 Å². The van der Waals surface area contributed by atoms with Crippen molar-refractivity contribution in [2.45, 2.75) is 56.6 Å². The highest BCUT2D eigenvalue weighted by Crippen LogP contribution is 2.30. The highest BCUT2D eigenvalue weighted by Gasteiger charge is 2.33. The molecule has 1 aliphatic rings. The van der Waals surface area contributed by atoms with Gasteiger partial charge in [0.1, 0.15) is 0 Å². The Labute approximate surface area is 121 Å². The summed E-state index contributed by atoms with van der Waals surface area (Å²) in [5.41, 5.74) is 0.668. The van der Waals surface area contributed by atoms with Crippen molar-refractivity contribution in [2.24, 2.45) is 0 Å². The van der Waals surface area contributed by atoms with E-state index in [4.69, 9.17) is 0 Å². The third kappa shape index (κ3) is 3.77. The molecule has 0 aliphatic heterocycles. The Balaban J connectivity index is 2.09. The summed E-state index contributed by atoms with van der Waals surface area (Å²) in [7, 11) is -3.52. The molecule has 5 nitrogen and oxygen atoms in total. The molecule has 0 saturated heterocycles. The van der Waals surface area contributed by atoms with Gasteiger partial charge in [0.05, 0.1) is 0 Å². The van der Waals surface area contributed by atoms with Crippen LogP contribution in [0.1, 0.15) is 45.1 Å². The summed E-state index contributed by atoms with van der Waals surface area (Å²) >= 11 is 0. The van der Waals surface area contributed by atoms with E-state index in [9.17, 15) is 8.42 Å². The van der Waals surface area contributed by atoms with Gasteiger partial charge in [0.25, 0.3) is 10.0 Å². The highest BCUT2D eigenvalue weighted by atomic mass is 32.2. The number of hydrogen-bond donors (Lipinski definition) is 2. The molecule has 1 aromatic heterocycles. The van der Waals surface area contributed by atoms with Crippen LogP contribution in [0.15, 0.2) is 23.4 Å². The topological polar surface area (TPSA) is 71.1 Å². The van der Waals surface area contributed by atoms with Gasteiger partial charge in [-0.25, -0.2) is 18.1 Å². The molecule has 0 aromatic carbocycles. The standard InChI is InChI=1S/C14H23N3O2S/c1-3-15-10-12-6-7-13(16-11-12)20(18,19)17-14(2)8-4-5-9-14/h6-7,11,15,17H,3-5,8-10H2,1-2H3. The van der Waals surface area contributed by atoms with Crippen molar-refractivity contribution in [3.63, 3.8) is 0 Å². The summed E-state index contributed by atoms with van der Waals surface area (Å²) in [6, 6.07) is 3.38. The zero-order chi connectivity index (χ0) is 14.6. The van der Waals surface area contributed by atoms with Crippen LogP contribution in [0, 0.1) is 0 Å². The molecule has 0 radical (unpaired) electrons. The molecule has 0 amide bonds. The number of aromatic nitrogens is 1. The van der Waals surface area contributed by atoms with Crippen molar-refractivity contribution in [3.05, 3.63) is 23.9 Å². The molecular weight excluding hydrogens is 274 g/mol. The van der Waals surface area contributed by atoms with E-state index in [1.54, 1.807) is 18.3 Å². The smallest absolute Gasteiger partial charge is 0.258 e. The average Bonchev–Trinajstić information content (AvgIpc) is 2.82. The summed E-state index contributed by atoms with van der Waals surface area (Å²) < 4.78 is 27.5. The van der Waals surface area contributed by atoms with Crippen LogP contribution in [0.2, 0.25) is 0 Å². The summed E-state index contributed by atoms with van der Waals surface area (Å²) in [5, 5.41) is 3.29. The quantitative estimate of drug-likeness (QED) is 0.840. The summed E-state index contributed by atoms with van der Waals surface area (Å²) in [6.45, 7) is 5.57. The van der Waals surface area contributed by atoms with Gasteiger partial charge in [0.2, 0.25) is 0 Å². The van der Waals surface area contributed by atoms with Gasteiger partial charge in [-0.3, -0.25) is 0 Å². The number of nitrogens with zero attached hydrogens (tertiary/aromatic N) is 1. The van der Waals surface area contributed by atoms with Gasteiger partial charge >= 0.3 is 0 Å². The predicted molar refractivity (Wildman–Crippen MR) is 78.8 cm³/mol. The molecule has 2 N–H and O–H groups in total. The van der Waals surface area contributed by atoms with E-state index >= 15 is 0 Å². The molecule has 0 bridgehead atoms. The molecular formula is C14H23N3O2S. The van der Waals surface area contributed by atoms with E-state index in [1.165, 1.54) is 0 Å². The third-order valence-corrected chi connectivity index (χ3v) is 5.29. The van der Waals surface area contributed by atoms with Crippen LogP contribution in [0.3, 0.4) is 0 Å². The minimum absolute atomic E-state index is 0.103. The van der Waals surface area contributed by atoms with E-state index in [0.29, 0.717) is 6.54 Å². The number of sulfonamides is 1. The van der Waals surface area contributed by atoms with Gasteiger partial charge in [0, 0.05) is 18.3 Å². The van der Waals surface area contributed by atoms with Crippen LogP contribution in [0.5, 0.6) is 0 Å². The minimum Gasteiger partial charge on any atom is -0.313 e. The van der Waals surface area contributed by atoms with E-state index < -0.39 is 10.0 Å². The molecule has 0 unspecified atom stereocenters. The van der Waals surface area contributed by atoms with Gasteiger partial charge in [-0.15, -0.1) is 0 Å². The van der Waals surface area contributed by atoms with Gasteiger partial charge in [-0.1, -0.05) is 25.8 Å². The molecule has 20 heavy (non-hydrogen) atoms. The number of hydrogen-bond acceptors (Lipinski definition) is 4. The molecule has 1 aliphatic carbocycles. The largest absolute Gasteiger partial charge is 0.313 e. The second-order valence-corrected chi connectivity index (χ2v) is 7.29. The van der Waals surface area contributed by atoms with Crippen LogP contribution in [-0.4, -0.2) is 25.5 Å². The number of nitrogens with one attached hydrogen (secondary N) is 2. The van der Waals surface area contributed by atoms with Gasteiger partial charge < -0.3 is 5.32 Å². The van der Waals surface area contributed by atoms with Crippen molar-refractivity contribution in [1.29, 1.82) is 0 Å². The first kappa shape index (κ1) is 15.4. The Morgan fingerprint density at radius 3 is 2.55 bits per heavy atom. The lowest BCUT2D eigenvalue weighted by molar-refractivity contribution is 0.426. The van der Waals surface area contributed by atoms with Crippen molar-refractivity contribution in [3.8, 4) is 0 Å². The minimum atomic E-state index is -3.52.